The van der Waals surface area contributed by atoms with Crippen LogP contribution in [-0.4, -0.2) is 9.97 Å². The third kappa shape index (κ3) is 3.62. The Labute approximate surface area is 195 Å². The van der Waals surface area contributed by atoms with E-state index in [0.717, 1.165) is 46.1 Å². The van der Waals surface area contributed by atoms with Crippen LogP contribution in [0.5, 0.6) is 0 Å². The zero-order chi connectivity index (χ0) is 23.1. The van der Waals surface area contributed by atoms with Crippen LogP contribution >= 0.6 is 0 Å². The molecule has 0 aliphatic carbocycles. The first-order valence-electron chi connectivity index (χ1n) is 11.9. The summed E-state index contributed by atoms with van der Waals surface area (Å²) in [6.07, 6.45) is 4.32. The molecule has 0 saturated carbocycles. The Bertz CT molecular complexity index is 1450. The van der Waals surface area contributed by atoms with Crippen molar-refractivity contribution in [3.63, 3.8) is 0 Å². The summed E-state index contributed by atoms with van der Waals surface area (Å²) in [6.45, 7) is 10.9. The van der Waals surface area contributed by atoms with Crippen molar-refractivity contribution < 1.29 is 4.42 Å². The lowest BCUT2D eigenvalue weighted by Gasteiger charge is -2.16. The lowest BCUT2D eigenvalue weighted by molar-refractivity contribution is 0.635. The minimum absolute atomic E-state index is 0.557. The second-order valence-electron chi connectivity index (χ2n) is 9.04. The summed E-state index contributed by atoms with van der Waals surface area (Å²) in [5.41, 5.74) is 10.7. The van der Waals surface area contributed by atoms with Gasteiger partial charge in [0.05, 0.1) is 11.4 Å². The minimum atomic E-state index is 0.557. The van der Waals surface area contributed by atoms with Crippen LogP contribution in [0.3, 0.4) is 0 Å². The van der Waals surface area contributed by atoms with Crippen molar-refractivity contribution >= 4 is 22.1 Å². The van der Waals surface area contributed by atoms with Crippen LogP contribution in [-0.2, 0) is 0 Å². The Morgan fingerprint density at radius 1 is 0.788 bits per heavy atom. The molecule has 0 N–H and O–H groups in total. The summed E-state index contributed by atoms with van der Waals surface area (Å²) < 4.78 is 6.39. The van der Waals surface area contributed by atoms with Gasteiger partial charge in [-0.2, -0.15) is 0 Å². The van der Waals surface area contributed by atoms with E-state index in [4.69, 9.17) is 14.4 Å². The van der Waals surface area contributed by atoms with Crippen LogP contribution in [0.15, 0.2) is 65.2 Å². The largest absolute Gasteiger partial charge is 0.437 e. The van der Waals surface area contributed by atoms with Gasteiger partial charge in [0.1, 0.15) is 5.58 Å². The number of furan rings is 1. The van der Waals surface area contributed by atoms with Crippen molar-refractivity contribution in [1.82, 2.24) is 9.97 Å². The molecule has 3 heterocycles. The summed E-state index contributed by atoms with van der Waals surface area (Å²) in [5, 5.41) is 2.11. The van der Waals surface area contributed by atoms with Crippen LogP contribution in [0.4, 0.5) is 0 Å². The van der Waals surface area contributed by atoms with E-state index in [9.17, 15) is 0 Å². The van der Waals surface area contributed by atoms with Gasteiger partial charge < -0.3 is 4.42 Å². The number of aromatic nitrogens is 2. The third-order valence-corrected chi connectivity index (χ3v) is 6.95. The fourth-order valence-corrected chi connectivity index (χ4v) is 5.11. The van der Waals surface area contributed by atoms with Crippen LogP contribution in [0.2, 0.25) is 0 Å². The van der Waals surface area contributed by atoms with E-state index in [0.29, 0.717) is 11.6 Å². The maximum atomic E-state index is 6.39. The number of hydrogen-bond donors (Lipinski definition) is 0. The minimum Gasteiger partial charge on any atom is -0.437 e. The number of benzene rings is 2. The molecule has 3 aromatic heterocycles. The van der Waals surface area contributed by atoms with Crippen molar-refractivity contribution in [1.29, 1.82) is 0 Å². The van der Waals surface area contributed by atoms with Gasteiger partial charge in [-0.05, 0) is 86.1 Å². The van der Waals surface area contributed by atoms with E-state index in [2.05, 4.69) is 95.4 Å². The van der Waals surface area contributed by atoms with Gasteiger partial charge in [0.25, 0.3) is 0 Å². The number of hydrogen-bond acceptors (Lipinski definition) is 3. The average molecular weight is 435 g/mol. The second-order valence-corrected chi connectivity index (χ2v) is 9.04. The summed E-state index contributed by atoms with van der Waals surface area (Å²) >= 11 is 0. The monoisotopic (exact) mass is 434 g/mol. The Morgan fingerprint density at radius 3 is 2.21 bits per heavy atom. The lowest BCUT2D eigenvalue weighted by atomic mass is 9.91. The number of fused-ring (bicyclic) bond motifs is 3. The highest BCUT2D eigenvalue weighted by molar-refractivity contribution is 6.08. The first kappa shape index (κ1) is 21.4. The molecule has 0 spiro atoms. The van der Waals surface area contributed by atoms with Crippen molar-refractivity contribution in [3.8, 4) is 22.5 Å². The molecule has 5 aromatic rings. The molecule has 33 heavy (non-hydrogen) atoms. The van der Waals surface area contributed by atoms with E-state index in [1.807, 2.05) is 0 Å². The fourth-order valence-electron chi connectivity index (χ4n) is 5.11. The maximum absolute atomic E-state index is 6.39. The van der Waals surface area contributed by atoms with E-state index in [1.54, 1.807) is 0 Å². The smallest absolute Gasteiger partial charge is 0.227 e. The molecule has 166 valence electrons. The van der Waals surface area contributed by atoms with Gasteiger partial charge in [-0.3, -0.25) is 4.98 Å². The van der Waals surface area contributed by atoms with Gasteiger partial charge in [0.15, 0.2) is 0 Å². The number of nitrogens with zero attached hydrogens (tertiary/aromatic N) is 2. The normalized spacial score (nSPS) is 11.7. The Hall–Kier alpha value is -3.46. The standard InChI is InChI=1S/C30H30N2O/c1-6-21(7-2)25-17-31-27(16-20(25)5)24-13-9-12-22-23-14-15-26(32-30(23)33-29(22)24)28-18(3)10-8-11-19(28)4/h8-17,21H,6-7H2,1-5H3. The quantitative estimate of drug-likeness (QED) is 0.278. The van der Waals surface area contributed by atoms with Gasteiger partial charge in [0, 0.05) is 28.1 Å². The summed E-state index contributed by atoms with van der Waals surface area (Å²) in [4.78, 5) is 9.78. The van der Waals surface area contributed by atoms with Gasteiger partial charge in [-0.25, -0.2) is 4.98 Å². The van der Waals surface area contributed by atoms with Crippen LogP contribution in [0, 0.1) is 20.8 Å². The summed E-state index contributed by atoms with van der Waals surface area (Å²) in [7, 11) is 0. The van der Waals surface area contributed by atoms with Crippen molar-refractivity contribution in [2.24, 2.45) is 0 Å². The zero-order valence-corrected chi connectivity index (χ0v) is 20.1. The highest BCUT2D eigenvalue weighted by Gasteiger charge is 2.17. The number of para-hydroxylation sites is 1. The zero-order valence-electron chi connectivity index (χ0n) is 20.1. The Kier molecular flexibility index (Phi) is 5.49. The highest BCUT2D eigenvalue weighted by atomic mass is 16.3. The molecule has 0 bridgehead atoms. The third-order valence-electron chi connectivity index (χ3n) is 6.95. The van der Waals surface area contributed by atoms with Gasteiger partial charge >= 0.3 is 0 Å². The predicted molar refractivity (Wildman–Crippen MR) is 138 cm³/mol. The molecular formula is C30H30N2O. The van der Waals surface area contributed by atoms with Gasteiger partial charge in [-0.15, -0.1) is 0 Å². The van der Waals surface area contributed by atoms with E-state index >= 15 is 0 Å². The summed E-state index contributed by atoms with van der Waals surface area (Å²) in [5.74, 6) is 0.557. The average Bonchev–Trinajstić information content (AvgIpc) is 3.19. The number of rotatable bonds is 5. The molecule has 0 aliphatic heterocycles. The van der Waals surface area contributed by atoms with Crippen molar-refractivity contribution in [2.45, 2.75) is 53.4 Å². The molecule has 0 unspecified atom stereocenters. The topological polar surface area (TPSA) is 38.9 Å². The first-order valence-corrected chi connectivity index (χ1v) is 11.9. The Balaban J connectivity index is 1.65. The molecule has 0 atom stereocenters. The predicted octanol–water partition coefficient (Wildman–Crippen LogP) is 8.54. The van der Waals surface area contributed by atoms with E-state index in [1.165, 1.54) is 27.8 Å². The molecule has 0 aliphatic rings. The Morgan fingerprint density at radius 2 is 1.52 bits per heavy atom. The number of aryl methyl sites for hydroxylation is 3. The number of pyridine rings is 2. The van der Waals surface area contributed by atoms with Crippen LogP contribution in [0.1, 0.15) is 54.9 Å². The summed E-state index contributed by atoms with van der Waals surface area (Å²) in [6, 6.07) is 19.1. The molecule has 0 radical (unpaired) electrons. The van der Waals surface area contributed by atoms with E-state index < -0.39 is 0 Å². The highest BCUT2D eigenvalue weighted by Crippen LogP contribution is 2.37. The molecule has 2 aromatic carbocycles. The van der Waals surface area contributed by atoms with Gasteiger partial charge in [-0.1, -0.05) is 44.2 Å². The molecular weight excluding hydrogens is 404 g/mol. The SMILES string of the molecule is CCC(CC)c1cnc(-c2cccc3c2oc2nc(-c4c(C)cccc4C)ccc23)cc1C. The maximum Gasteiger partial charge on any atom is 0.227 e. The molecule has 3 heteroatoms. The lowest BCUT2D eigenvalue weighted by Crippen LogP contribution is -2.00. The molecule has 0 amide bonds. The molecule has 0 saturated heterocycles. The van der Waals surface area contributed by atoms with E-state index in [-0.39, 0.29) is 0 Å². The fraction of sp³-hybridized carbons (Fsp3) is 0.267. The molecule has 0 fully saturated rings. The van der Waals surface area contributed by atoms with Crippen molar-refractivity contribution in [3.05, 3.63) is 83.0 Å². The second kappa shape index (κ2) is 8.47. The van der Waals surface area contributed by atoms with Crippen LogP contribution in [0.25, 0.3) is 44.6 Å². The van der Waals surface area contributed by atoms with Gasteiger partial charge in [0.2, 0.25) is 5.71 Å². The van der Waals surface area contributed by atoms with Crippen molar-refractivity contribution in [2.75, 3.05) is 0 Å². The van der Waals surface area contributed by atoms with Crippen LogP contribution < -0.4 is 0 Å². The molecule has 5 rings (SSSR count). The first-order chi connectivity index (χ1) is 16.0. The molecule has 3 nitrogen and oxygen atoms in total.